The van der Waals surface area contributed by atoms with Crippen LogP contribution in [0.1, 0.15) is 18.9 Å². The fourth-order valence-corrected chi connectivity index (χ4v) is 2.62. The van der Waals surface area contributed by atoms with Gasteiger partial charge < -0.3 is 5.32 Å². The molecule has 1 nitrogen and oxygen atoms in total. The summed E-state index contributed by atoms with van der Waals surface area (Å²) in [5, 5.41) is 3.47. The average Bonchev–Trinajstić information content (AvgIpc) is 2.28. The molecule has 1 atom stereocenters. The monoisotopic (exact) mass is 305 g/mol. The van der Waals surface area contributed by atoms with E-state index in [9.17, 15) is 4.39 Å². The van der Waals surface area contributed by atoms with E-state index in [1.807, 2.05) is 23.9 Å². The highest BCUT2D eigenvalue weighted by Gasteiger charge is 2.05. The largest absolute Gasteiger partial charge is 0.309 e. The zero-order valence-electron chi connectivity index (χ0n) is 9.59. The number of nitrogens with one attached hydrogen (secondary N) is 1. The zero-order valence-corrected chi connectivity index (χ0v) is 12.0. The molecule has 1 unspecified atom stereocenters. The van der Waals surface area contributed by atoms with Gasteiger partial charge in [0.05, 0.1) is 4.47 Å². The van der Waals surface area contributed by atoms with Crippen molar-refractivity contribution in [2.45, 2.75) is 25.9 Å². The first-order chi connectivity index (χ1) is 7.67. The van der Waals surface area contributed by atoms with Crippen molar-refractivity contribution in [1.29, 1.82) is 0 Å². The van der Waals surface area contributed by atoms with Gasteiger partial charge in [0.2, 0.25) is 0 Å². The van der Waals surface area contributed by atoms with Crippen LogP contribution in [0.2, 0.25) is 0 Å². The van der Waals surface area contributed by atoms with Crippen LogP contribution in [-0.4, -0.2) is 18.1 Å². The molecule has 0 aliphatic heterocycles. The first kappa shape index (κ1) is 14.0. The van der Waals surface area contributed by atoms with E-state index in [1.54, 1.807) is 0 Å². The lowest BCUT2D eigenvalue weighted by atomic mass is 10.2. The molecule has 4 heteroatoms. The van der Waals surface area contributed by atoms with Crippen LogP contribution in [0.3, 0.4) is 0 Å². The zero-order chi connectivity index (χ0) is 12.0. The first-order valence-electron chi connectivity index (χ1n) is 5.33. The lowest BCUT2D eigenvalue weighted by Gasteiger charge is -2.15. The third-order valence-electron chi connectivity index (χ3n) is 2.44. The summed E-state index contributed by atoms with van der Waals surface area (Å²) in [6, 6.07) is 5.67. The Bertz CT molecular complexity index is 333. The predicted octanol–water partition coefficient (Wildman–Crippen LogP) is 3.82. The van der Waals surface area contributed by atoms with E-state index >= 15 is 0 Å². The molecule has 0 fully saturated rings. The molecule has 0 saturated heterocycles. The highest BCUT2D eigenvalue weighted by Crippen LogP contribution is 2.17. The number of thioether (sulfide) groups is 1. The molecule has 0 radical (unpaired) electrons. The number of hydrogen-bond donors (Lipinski definition) is 1. The Morgan fingerprint density at radius 1 is 1.50 bits per heavy atom. The molecule has 0 saturated carbocycles. The van der Waals surface area contributed by atoms with Crippen LogP contribution in [0.4, 0.5) is 4.39 Å². The number of benzene rings is 1. The van der Waals surface area contributed by atoms with E-state index in [-0.39, 0.29) is 5.82 Å². The van der Waals surface area contributed by atoms with E-state index in [0.29, 0.717) is 10.5 Å². The molecule has 1 aromatic rings. The number of halogens is 2. The van der Waals surface area contributed by atoms with Crippen molar-refractivity contribution >= 4 is 27.7 Å². The van der Waals surface area contributed by atoms with Gasteiger partial charge in [0.15, 0.2) is 0 Å². The molecule has 0 amide bonds. The normalized spacial score (nSPS) is 12.8. The van der Waals surface area contributed by atoms with Gasteiger partial charge in [0.1, 0.15) is 5.82 Å². The molecule has 90 valence electrons. The summed E-state index contributed by atoms with van der Waals surface area (Å²) in [4.78, 5) is 0. The highest BCUT2D eigenvalue weighted by molar-refractivity contribution is 9.10. The van der Waals surface area contributed by atoms with E-state index in [2.05, 4.69) is 34.4 Å². The van der Waals surface area contributed by atoms with Crippen molar-refractivity contribution in [2.24, 2.45) is 0 Å². The van der Waals surface area contributed by atoms with Crippen molar-refractivity contribution in [1.82, 2.24) is 5.32 Å². The summed E-state index contributed by atoms with van der Waals surface area (Å²) < 4.78 is 13.5. The molecule has 16 heavy (non-hydrogen) atoms. The van der Waals surface area contributed by atoms with Gasteiger partial charge in [-0.1, -0.05) is 13.0 Å². The minimum absolute atomic E-state index is 0.208. The van der Waals surface area contributed by atoms with Crippen molar-refractivity contribution in [2.75, 3.05) is 12.0 Å². The second kappa shape index (κ2) is 7.30. The van der Waals surface area contributed by atoms with Crippen LogP contribution in [-0.2, 0) is 6.54 Å². The van der Waals surface area contributed by atoms with Crippen LogP contribution >= 0.6 is 27.7 Å². The summed E-state index contributed by atoms with van der Waals surface area (Å²) in [5.41, 5.74) is 1.10. The predicted molar refractivity (Wildman–Crippen MR) is 73.4 cm³/mol. The lowest BCUT2D eigenvalue weighted by Crippen LogP contribution is -2.30. The Labute approximate surface area is 109 Å². The third kappa shape index (κ3) is 4.44. The summed E-state index contributed by atoms with van der Waals surface area (Å²) in [5.74, 6) is 0.902. The standard InChI is InChI=1S/C12H17BrFNS/c1-3-10(8-16-2)15-7-9-4-5-12(14)11(13)6-9/h4-6,10,15H,3,7-8H2,1-2H3. The Morgan fingerprint density at radius 3 is 2.81 bits per heavy atom. The van der Waals surface area contributed by atoms with E-state index in [1.165, 1.54) is 6.07 Å². The van der Waals surface area contributed by atoms with Gasteiger partial charge in [-0.05, 0) is 46.3 Å². The van der Waals surface area contributed by atoms with E-state index in [4.69, 9.17) is 0 Å². The first-order valence-corrected chi connectivity index (χ1v) is 7.52. The summed E-state index contributed by atoms with van der Waals surface area (Å²) in [6.45, 7) is 2.96. The van der Waals surface area contributed by atoms with Crippen LogP contribution in [0.15, 0.2) is 22.7 Å². The highest BCUT2D eigenvalue weighted by atomic mass is 79.9. The summed E-state index contributed by atoms with van der Waals surface area (Å²) in [6.07, 6.45) is 3.22. The molecule has 1 rings (SSSR count). The van der Waals surface area contributed by atoms with Crippen LogP contribution in [0.5, 0.6) is 0 Å². The summed E-state index contributed by atoms with van der Waals surface area (Å²) >= 11 is 5.04. The SMILES string of the molecule is CCC(CSC)NCc1ccc(F)c(Br)c1. The second-order valence-electron chi connectivity index (χ2n) is 3.69. The third-order valence-corrected chi connectivity index (χ3v) is 3.78. The molecular weight excluding hydrogens is 289 g/mol. The topological polar surface area (TPSA) is 12.0 Å². The average molecular weight is 306 g/mol. The smallest absolute Gasteiger partial charge is 0.137 e. The van der Waals surface area contributed by atoms with Crippen molar-refractivity contribution in [3.05, 3.63) is 34.1 Å². The molecule has 0 aromatic heterocycles. The molecule has 1 aromatic carbocycles. The van der Waals surface area contributed by atoms with Gasteiger partial charge in [-0.15, -0.1) is 0 Å². The number of hydrogen-bond acceptors (Lipinski definition) is 2. The van der Waals surface area contributed by atoms with Gasteiger partial charge in [0, 0.05) is 18.3 Å². The van der Waals surface area contributed by atoms with Gasteiger partial charge in [-0.25, -0.2) is 4.39 Å². The van der Waals surface area contributed by atoms with Gasteiger partial charge in [0.25, 0.3) is 0 Å². The second-order valence-corrected chi connectivity index (χ2v) is 5.45. The Morgan fingerprint density at radius 2 is 2.25 bits per heavy atom. The molecule has 0 spiro atoms. The fourth-order valence-electron chi connectivity index (χ4n) is 1.43. The number of rotatable bonds is 6. The van der Waals surface area contributed by atoms with Crippen LogP contribution in [0, 0.1) is 5.82 Å². The maximum Gasteiger partial charge on any atom is 0.137 e. The minimum Gasteiger partial charge on any atom is -0.309 e. The van der Waals surface area contributed by atoms with Crippen molar-refractivity contribution in [3.63, 3.8) is 0 Å². The fraction of sp³-hybridized carbons (Fsp3) is 0.500. The van der Waals surface area contributed by atoms with Gasteiger partial charge in [-0.2, -0.15) is 11.8 Å². The van der Waals surface area contributed by atoms with Crippen molar-refractivity contribution < 1.29 is 4.39 Å². The van der Waals surface area contributed by atoms with E-state index in [0.717, 1.165) is 24.3 Å². The quantitative estimate of drug-likeness (QED) is 0.857. The van der Waals surface area contributed by atoms with Crippen LogP contribution in [0.25, 0.3) is 0 Å². The maximum absolute atomic E-state index is 13.0. The van der Waals surface area contributed by atoms with Crippen molar-refractivity contribution in [3.8, 4) is 0 Å². The van der Waals surface area contributed by atoms with Crippen LogP contribution < -0.4 is 5.32 Å². The Balaban J connectivity index is 2.50. The molecular formula is C12H17BrFNS. The lowest BCUT2D eigenvalue weighted by molar-refractivity contribution is 0.540. The minimum atomic E-state index is -0.208. The molecule has 0 bridgehead atoms. The van der Waals surface area contributed by atoms with Gasteiger partial charge >= 0.3 is 0 Å². The molecule has 0 heterocycles. The van der Waals surface area contributed by atoms with E-state index < -0.39 is 0 Å². The van der Waals surface area contributed by atoms with Gasteiger partial charge in [-0.3, -0.25) is 0 Å². The Kier molecular flexibility index (Phi) is 6.39. The molecule has 0 aliphatic rings. The Hall–Kier alpha value is -0.0600. The molecule has 1 N–H and O–H groups in total. The summed E-state index contributed by atoms with van der Waals surface area (Å²) in [7, 11) is 0. The maximum atomic E-state index is 13.0. The molecule has 0 aliphatic carbocycles.